The highest BCUT2D eigenvalue weighted by molar-refractivity contribution is 7.90. The number of nitrogens with one attached hydrogen (secondary N) is 4. The Bertz CT molecular complexity index is 2180. The molecule has 0 atom stereocenters. The summed E-state index contributed by atoms with van der Waals surface area (Å²) in [4.78, 5) is 11.6. The minimum Gasteiger partial charge on any atom is -0.388 e. The number of hydrogen-bond acceptors (Lipinski definition) is 11. The average Bonchev–Trinajstić information content (AvgIpc) is 3.90. The molecular formula is C44H65N11O4S2. The van der Waals surface area contributed by atoms with Crippen LogP contribution in [0.15, 0.2) is 109 Å². The Hall–Kier alpha value is -5.00. The third kappa shape index (κ3) is 12.5. The highest BCUT2D eigenvalue weighted by Crippen LogP contribution is 2.38. The largest absolute Gasteiger partial charge is 0.388 e. The second-order valence-corrected chi connectivity index (χ2v) is 18.9. The lowest BCUT2D eigenvalue weighted by atomic mass is 9.75. The summed E-state index contributed by atoms with van der Waals surface area (Å²) in [5.74, 6) is 0.568. The number of sulfonamides is 2. The number of likely N-dealkylation sites (tertiary alicyclic amines) is 1. The van der Waals surface area contributed by atoms with E-state index >= 15 is 0 Å². The van der Waals surface area contributed by atoms with Crippen LogP contribution in [-0.4, -0.2) is 109 Å². The summed E-state index contributed by atoms with van der Waals surface area (Å²) in [5, 5.41) is 18.4. The molecule has 0 amide bonds. The number of anilines is 2. The number of rotatable bonds is 10. The Labute approximate surface area is 364 Å². The van der Waals surface area contributed by atoms with Gasteiger partial charge in [0.1, 0.15) is 0 Å². The standard InChI is InChI=1S/C24H32N6O2S.C18H27N5O2S.C2H6/c1-3-26-23(28-33(31,32)22-11-9-21(25-2)10-12-22)30-19-24(18-27-30)13-15-29(16-14-24)17-20-7-5-4-6-8-20;1-3-20-17(23-14-18(13-21-23)11-5-4-6-12-18)22-26(24,25)16-9-7-15(19-2)8-10-16;1-2/h4-12,18,25H,3,13-17,19H2,1-2H3,(H,26,28);7-10,13,19H,3-6,11-12,14H2,1-2H3,(H,20,22);1-2H3. The SMILES string of the molecule is CC.CCN=C(NS(=O)(=O)c1ccc(NC)cc1)N1CC2(C=N1)CCCCC2.CCN=C(NS(=O)(=O)c1ccc(NC)cc1)N1CC2(C=N1)CCN(Cc1ccccc1)CC2. The number of piperidine rings is 1. The highest BCUT2D eigenvalue weighted by Gasteiger charge is 2.41. The molecule has 4 aliphatic rings. The van der Waals surface area contributed by atoms with Crippen molar-refractivity contribution >= 4 is 55.8 Å². The smallest absolute Gasteiger partial charge is 0.264 e. The monoisotopic (exact) mass is 875 g/mol. The van der Waals surface area contributed by atoms with Crippen molar-refractivity contribution in [3.8, 4) is 0 Å². The molecule has 0 radical (unpaired) electrons. The quantitative estimate of drug-likeness (QED) is 0.129. The second kappa shape index (κ2) is 21.7. The third-order valence-corrected chi connectivity index (χ3v) is 14.0. The van der Waals surface area contributed by atoms with Gasteiger partial charge in [0.2, 0.25) is 11.9 Å². The number of guanidine groups is 2. The first-order valence-electron chi connectivity index (χ1n) is 21.5. The molecular weight excluding hydrogens is 811 g/mol. The van der Waals surface area contributed by atoms with Gasteiger partial charge in [-0.2, -0.15) is 10.2 Å². The zero-order valence-electron chi connectivity index (χ0n) is 36.6. The molecule has 2 fully saturated rings. The fraction of sp³-hybridized carbons (Fsp3) is 0.500. The minimum atomic E-state index is -3.76. The van der Waals surface area contributed by atoms with Crippen molar-refractivity contribution in [2.75, 3.05) is 64.0 Å². The molecule has 7 rings (SSSR count). The number of hydrazone groups is 2. The zero-order valence-corrected chi connectivity index (χ0v) is 38.3. The normalized spacial score (nSPS) is 18.6. The van der Waals surface area contributed by atoms with Gasteiger partial charge < -0.3 is 10.6 Å². The molecule has 4 N–H and O–H groups in total. The van der Waals surface area contributed by atoms with Crippen LogP contribution in [0.1, 0.15) is 78.2 Å². The molecule has 3 aliphatic heterocycles. The Morgan fingerprint density at radius 2 is 1.05 bits per heavy atom. The van der Waals surface area contributed by atoms with E-state index in [0.717, 1.165) is 56.7 Å². The molecule has 3 heterocycles. The lowest BCUT2D eigenvalue weighted by Crippen LogP contribution is -2.46. The first-order chi connectivity index (χ1) is 29.4. The molecule has 61 heavy (non-hydrogen) atoms. The Morgan fingerprint density at radius 1 is 0.623 bits per heavy atom. The van der Waals surface area contributed by atoms with Gasteiger partial charge in [0.25, 0.3) is 20.0 Å². The van der Waals surface area contributed by atoms with Gasteiger partial charge in [-0.1, -0.05) is 63.4 Å². The highest BCUT2D eigenvalue weighted by atomic mass is 32.2. The average molecular weight is 876 g/mol. The summed E-state index contributed by atoms with van der Waals surface area (Å²) in [6.45, 7) is 12.9. The van der Waals surface area contributed by atoms with Gasteiger partial charge in [0, 0.05) is 68.4 Å². The van der Waals surface area contributed by atoms with Gasteiger partial charge in [-0.3, -0.25) is 14.9 Å². The van der Waals surface area contributed by atoms with E-state index in [1.54, 1.807) is 72.6 Å². The predicted octanol–water partition coefficient (Wildman–Crippen LogP) is 6.63. The van der Waals surface area contributed by atoms with Crippen molar-refractivity contribution in [2.45, 2.75) is 89.0 Å². The van der Waals surface area contributed by atoms with E-state index in [2.05, 4.69) is 69.4 Å². The second-order valence-electron chi connectivity index (χ2n) is 15.5. The number of nitrogens with zero attached hydrogens (tertiary/aromatic N) is 7. The van der Waals surface area contributed by atoms with E-state index in [4.69, 9.17) is 0 Å². The van der Waals surface area contributed by atoms with Crippen LogP contribution in [-0.2, 0) is 26.6 Å². The van der Waals surface area contributed by atoms with Gasteiger partial charge in [0.05, 0.1) is 22.9 Å². The lowest BCUT2D eigenvalue weighted by molar-refractivity contribution is 0.141. The van der Waals surface area contributed by atoms with Crippen LogP contribution in [0.4, 0.5) is 11.4 Å². The van der Waals surface area contributed by atoms with E-state index in [1.165, 1.54) is 24.8 Å². The molecule has 2 spiro atoms. The summed E-state index contributed by atoms with van der Waals surface area (Å²) in [6, 6.07) is 23.8. The van der Waals surface area contributed by atoms with Crippen molar-refractivity contribution in [3.63, 3.8) is 0 Å². The molecule has 3 aromatic carbocycles. The van der Waals surface area contributed by atoms with Gasteiger partial charge in [-0.15, -0.1) is 0 Å². The fourth-order valence-electron chi connectivity index (χ4n) is 7.82. The Balaban J connectivity index is 0.000000228. The van der Waals surface area contributed by atoms with Crippen LogP contribution in [0.3, 0.4) is 0 Å². The molecule has 1 aliphatic carbocycles. The summed E-state index contributed by atoms with van der Waals surface area (Å²) >= 11 is 0. The van der Waals surface area contributed by atoms with Crippen molar-refractivity contribution in [2.24, 2.45) is 31.0 Å². The van der Waals surface area contributed by atoms with E-state index in [-0.39, 0.29) is 26.6 Å². The number of benzene rings is 3. The number of hydrogen-bond donors (Lipinski definition) is 4. The van der Waals surface area contributed by atoms with E-state index in [1.807, 2.05) is 46.2 Å². The van der Waals surface area contributed by atoms with Crippen LogP contribution in [0, 0.1) is 10.8 Å². The molecule has 15 nitrogen and oxygen atoms in total. The van der Waals surface area contributed by atoms with Crippen molar-refractivity contribution in [1.82, 2.24) is 24.4 Å². The molecule has 0 aromatic heterocycles. The van der Waals surface area contributed by atoms with Gasteiger partial charge in [0.15, 0.2) is 0 Å². The minimum absolute atomic E-state index is 0.0540. The van der Waals surface area contributed by atoms with Crippen molar-refractivity contribution in [3.05, 3.63) is 84.4 Å². The Morgan fingerprint density at radius 3 is 1.46 bits per heavy atom. The van der Waals surface area contributed by atoms with Crippen LogP contribution in [0.2, 0.25) is 0 Å². The molecule has 0 bridgehead atoms. The molecule has 332 valence electrons. The third-order valence-electron chi connectivity index (χ3n) is 11.3. The maximum absolute atomic E-state index is 13.0. The van der Waals surface area contributed by atoms with Crippen LogP contribution in [0.25, 0.3) is 0 Å². The molecule has 17 heteroatoms. The topological polar surface area (TPSA) is 176 Å². The molecule has 1 saturated carbocycles. The summed E-state index contributed by atoms with van der Waals surface area (Å²) < 4.78 is 56.7. The van der Waals surface area contributed by atoms with Crippen molar-refractivity contribution in [1.29, 1.82) is 0 Å². The fourth-order valence-corrected chi connectivity index (χ4v) is 9.87. The molecule has 0 unspecified atom stereocenters. The van der Waals surface area contributed by atoms with E-state index in [0.29, 0.717) is 32.1 Å². The van der Waals surface area contributed by atoms with Gasteiger partial charge >= 0.3 is 0 Å². The first kappa shape index (κ1) is 47.1. The molecule has 3 aromatic rings. The van der Waals surface area contributed by atoms with Gasteiger partial charge in [-0.25, -0.2) is 36.3 Å². The van der Waals surface area contributed by atoms with Crippen LogP contribution < -0.4 is 20.1 Å². The summed E-state index contributed by atoms with van der Waals surface area (Å²) in [5.41, 5.74) is 3.04. The van der Waals surface area contributed by atoms with Gasteiger partial charge in [-0.05, 0) is 107 Å². The zero-order chi connectivity index (χ0) is 43.9. The maximum atomic E-state index is 13.0. The lowest BCUT2D eigenvalue weighted by Gasteiger charge is -2.37. The van der Waals surface area contributed by atoms with Crippen molar-refractivity contribution < 1.29 is 16.8 Å². The summed E-state index contributed by atoms with van der Waals surface area (Å²) in [6.07, 6.45) is 11.8. The van der Waals surface area contributed by atoms with E-state index in [9.17, 15) is 16.8 Å². The maximum Gasteiger partial charge on any atom is 0.264 e. The van der Waals surface area contributed by atoms with E-state index < -0.39 is 20.0 Å². The molecule has 1 saturated heterocycles. The Kier molecular flexibility index (Phi) is 16.7. The number of aliphatic imine (C=N–C) groups is 2. The van der Waals surface area contributed by atoms with Crippen LogP contribution >= 0.6 is 0 Å². The predicted molar refractivity (Wildman–Crippen MR) is 249 cm³/mol. The first-order valence-corrected chi connectivity index (χ1v) is 24.5. The summed E-state index contributed by atoms with van der Waals surface area (Å²) in [7, 11) is -3.89. The van der Waals surface area contributed by atoms with Crippen LogP contribution in [0.5, 0.6) is 0 Å².